The van der Waals surface area contributed by atoms with E-state index in [1.807, 2.05) is 26.8 Å². The third-order valence-corrected chi connectivity index (χ3v) is 4.00. The van der Waals surface area contributed by atoms with Crippen LogP contribution in [0.4, 0.5) is 11.4 Å². The van der Waals surface area contributed by atoms with E-state index in [1.165, 1.54) is 0 Å². The summed E-state index contributed by atoms with van der Waals surface area (Å²) in [5.74, 6) is 0.634. The van der Waals surface area contributed by atoms with Crippen LogP contribution in [0, 0.1) is 0 Å². The molecular weight excluding hydrogens is 356 g/mol. The molecule has 0 saturated carbocycles. The SMILES string of the molecule is CCCCC(=O)Nc1cc(OCC)c(NC(=O)c2ccccc2)cc1OCC. The lowest BCUT2D eigenvalue weighted by Gasteiger charge is -2.18. The number of carbonyl (C=O) groups excluding carboxylic acids is 2. The van der Waals surface area contributed by atoms with E-state index < -0.39 is 0 Å². The van der Waals surface area contributed by atoms with Gasteiger partial charge in [-0.2, -0.15) is 0 Å². The van der Waals surface area contributed by atoms with Crippen molar-refractivity contribution < 1.29 is 19.1 Å². The largest absolute Gasteiger partial charge is 0.492 e. The molecule has 0 aliphatic carbocycles. The zero-order valence-electron chi connectivity index (χ0n) is 16.7. The normalized spacial score (nSPS) is 10.2. The summed E-state index contributed by atoms with van der Waals surface area (Å²) in [6.45, 7) is 6.61. The molecule has 0 aliphatic heterocycles. The van der Waals surface area contributed by atoms with E-state index >= 15 is 0 Å². The first-order valence-electron chi connectivity index (χ1n) is 9.68. The van der Waals surface area contributed by atoms with E-state index in [2.05, 4.69) is 10.6 Å². The summed E-state index contributed by atoms with van der Waals surface area (Å²) >= 11 is 0. The van der Waals surface area contributed by atoms with Gasteiger partial charge in [0.15, 0.2) is 0 Å². The first kappa shape index (κ1) is 21.3. The van der Waals surface area contributed by atoms with Crippen LogP contribution in [0.2, 0.25) is 0 Å². The van der Waals surface area contributed by atoms with Crippen LogP contribution in [0.25, 0.3) is 0 Å². The van der Waals surface area contributed by atoms with Crippen LogP contribution < -0.4 is 20.1 Å². The van der Waals surface area contributed by atoms with Crippen molar-refractivity contribution in [2.75, 3.05) is 23.8 Å². The lowest BCUT2D eigenvalue weighted by molar-refractivity contribution is -0.116. The van der Waals surface area contributed by atoms with Crippen molar-refractivity contribution in [2.45, 2.75) is 40.0 Å². The Bertz CT molecular complexity index is 791. The highest BCUT2D eigenvalue weighted by atomic mass is 16.5. The summed E-state index contributed by atoms with van der Waals surface area (Å²) in [4.78, 5) is 24.7. The van der Waals surface area contributed by atoms with Crippen molar-refractivity contribution in [3.63, 3.8) is 0 Å². The second-order valence-electron chi connectivity index (χ2n) is 6.18. The van der Waals surface area contributed by atoms with Crippen LogP contribution in [0.3, 0.4) is 0 Å². The van der Waals surface area contributed by atoms with Gasteiger partial charge in [0.2, 0.25) is 5.91 Å². The van der Waals surface area contributed by atoms with E-state index in [4.69, 9.17) is 9.47 Å². The van der Waals surface area contributed by atoms with Gasteiger partial charge in [0.25, 0.3) is 5.91 Å². The van der Waals surface area contributed by atoms with E-state index in [-0.39, 0.29) is 11.8 Å². The highest BCUT2D eigenvalue weighted by Crippen LogP contribution is 2.37. The molecule has 2 aromatic rings. The van der Waals surface area contributed by atoms with Gasteiger partial charge in [-0.05, 0) is 32.4 Å². The minimum Gasteiger partial charge on any atom is -0.492 e. The Labute approximate surface area is 166 Å². The Balaban J connectivity index is 2.32. The van der Waals surface area contributed by atoms with Crippen molar-refractivity contribution in [3.05, 3.63) is 48.0 Å². The molecule has 0 aromatic heterocycles. The molecule has 0 aliphatic rings. The van der Waals surface area contributed by atoms with Gasteiger partial charge in [-0.15, -0.1) is 0 Å². The summed E-state index contributed by atoms with van der Waals surface area (Å²) in [6.07, 6.45) is 2.21. The molecule has 0 fully saturated rings. The zero-order chi connectivity index (χ0) is 20.4. The zero-order valence-corrected chi connectivity index (χ0v) is 16.7. The molecule has 150 valence electrons. The number of carbonyl (C=O) groups is 2. The van der Waals surface area contributed by atoms with Crippen molar-refractivity contribution in [1.29, 1.82) is 0 Å². The first-order chi connectivity index (χ1) is 13.6. The molecule has 0 heterocycles. The average molecular weight is 384 g/mol. The molecule has 28 heavy (non-hydrogen) atoms. The van der Waals surface area contributed by atoms with Crippen molar-refractivity contribution >= 4 is 23.2 Å². The van der Waals surface area contributed by atoms with Crippen LogP contribution in [0.1, 0.15) is 50.4 Å². The highest BCUT2D eigenvalue weighted by molar-refractivity contribution is 6.05. The maximum Gasteiger partial charge on any atom is 0.255 e. The quantitative estimate of drug-likeness (QED) is 0.613. The maximum atomic E-state index is 12.5. The number of hydrogen-bond donors (Lipinski definition) is 2. The predicted octanol–water partition coefficient (Wildman–Crippen LogP) is 4.87. The maximum absolute atomic E-state index is 12.5. The Kier molecular flexibility index (Phi) is 8.34. The molecule has 0 spiro atoms. The molecule has 2 amide bonds. The Morgan fingerprint density at radius 2 is 1.43 bits per heavy atom. The van der Waals surface area contributed by atoms with E-state index in [0.29, 0.717) is 48.1 Å². The van der Waals surface area contributed by atoms with Gasteiger partial charge in [0, 0.05) is 24.1 Å². The summed E-state index contributed by atoms with van der Waals surface area (Å²) < 4.78 is 11.4. The van der Waals surface area contributed by atoms with Crippen LogP contribution in [0.5, 0.6) is 11.5 Å². The van der Waals surface area contributed by atoms with Crippen molar-refractivity contribution in [3.8, 4) is 11.5 Å². The Hall–Kier alpha value is -3.02. The van der Waals surface area contributed by atoms with Crippen molar-refractivity contribution in [1.82, 2.24) is 0 Å². The summed E-state index contributed by atoms with van der Waals surface area (Å²) in [5, 5.41) is 5.75. The van der Waals surface area contributed by atoms with E-state index in [9.17, 15) is 9.59 Å². The molecule has 6 heteroatoms. The fourth-order valence-electron chi connectivity index (χ4n) is 2.64. The van der Waals surface area contributed by atoms with Gasteiger partial charge in [0.05, 0.1) is 24.6 Å². The van der Waals surface area contributed by atoms with Gasteiger partial charge in [0.1, 0.15) is 11.5 Å². The number of nitrogens with one attached hydrogen (secondary N) is 2. The lowest BCUT2D eigenvalue weighted by Crippen LogP contribution is -2.15. The lowest BCUT2D eigenvalue weighted by atomic mass is 10.2. The third kappa shape index (κ3) is 6.01. The minimum absolute atomic E-state index is 0.0775. The van der Waals surface area contributed by atoms with Gasteiger partial charge in [-0.1, -0.05) is 31.5 Å². The van der Waals surface area contributed by atoms with Crippen LogP contribution in [-0.4, -0.2) is 25.0 Å². The fraction of sp³-hybridized carbons (Fsp3) is 0.364. The Morgan fingerprint density at radius 3 is 1.96 bits per heavy atom. The molecule has 6 nitrogen and oxygen atoms in total. The number of hydrogen-bond acceptors (Lipinski definition) is 4. The minimum atomic E-state index is -0.247. The summed E-state index contributed by atoms with van der Waals surface area (Å²) in [6, 6.07) is 12.3. The third-order valence-electron chi connectivity index (χ3n) is 4.00. The number of amides is 2. The number of benzene rings is 2. The standard InChI is InChI=1S/C22H28N2O4/c1-4-7-13-21(25)23-17-14-20(28-6-3)18(15-19(17)27-5-2)24-22(26)16-11-9-8-10-12-16/h8-12,14-15H,4-7,13H2,1-3H3,(H,23,25)(H,24,26). The number of ether oxygens (including phenoxy) is 2. The van der Waals surface area contributed by atoms with Gasteiger partial charge < -0.3 is 20.1 Å². The fourth-order valence-corrected chi connectivity index (χ4v) is 2.64. The van der Waals surface area contributed by atoms with E-state index in [0.717, 1.165) is 12.8 Å². The molecule has 0 atom stereocenters. The number of anilines is 2. The molecule has 2 N–H and O–H groups in total. The van der Waals surface area contributed by atoms with Gasteiger partial charge >= 0.3 is 0 Å². The van der Waals surface area contributed by atoms with Crippen LogP contribution >= 0.6 is 0 Å². The summed E-state index contributed by atoms with van der Waals surface area (Å²) in [7, 11) is 0. The van der Waals surface area contributed by atoms with E-state index in [1.54, 1.807) is 36.4 Å². The smallest absolute Gasteiger partial charge is 0.255 e. The monoisotopic (exact) mass is 384 g/mol. The number of rotatable bonds is 10. The summed E-state index contributed by atoms with van der Waals surface area (Å²) in [5.41, 5.74) is 1.56. The molecular formula is C22H28N2O4. The molecule has 0 bridgehead atoms. The second kappa shape index (κ2) is 11.0. The molecule has 0 radical (unpaired) electrons. The highest BCUT2D eigenvalue weighted by Gasteiger charge is 2.16. The molecule has 2 aromatic carbocycles. The van der Waals surface area contributed by atoms with Gasteiger partial charge in [-0.25, -0.2) is 0 Å². The van der Waals surface area contributed by atoms with Crippen molar-refractivity contribution in [2.24, 2.45) is 0 Å². The molecule has 2 rings (SSSR count). The topological polar surface area (TPSA) is 76.7 Å². The number of unbranched alkanes of at least 4 members (excludes halogenated alkanes) is 1. The first-order valence-corrected chi connectivity index (χ1v) is 9.68. The second-order valence-corrected chi connectivity index (χ2v) is 6.18. The Morgan fingerprint density at radius 1 is 0.857 bits per heavy atom. The molecule has 0 saturated heterocycles. The van der Waals surface area contributed by atoms with Gasteiger partial charge in [-0.3, -0.25) is 9.59 Å². The predicted molar refractivity (Wildman–Crippen MR) is 111 cm³/mol. The average Bonchev–Trinajstić information content (AvgIpc) is 2.70. The van der Waals surface area contributed by atoms with Crippen LogP contribution in [0.15, 0.2) is 42.5 Å². The van der Waals surface area contributed by atoms with Crippen LogP contribution in [-0.2, 0) is 4.79 Å². The molecule has 0 unspecified atom stereocenters.